The van der Waals surface area contributed by atoms with Crippen molar-refractivity contribution in [3.8, 4) is 0 Å². The van der Waals surface area contributed by atoms with Crippen LogP contribution in [0.2, 0.25) is 0 Å². The molecule has 6 N–H and O–H groups in total. The predicted octanol–water partition coefficient (Wildman–Crippen LogP) is 0.327. The van der Waals surface area contributed by atoms with Crippen molar-refractivity contribution in [3.63, 3.8) is 0 Å². The molecule has 1 amide bonds. The average Bonchev–Trinajstić information content (AvgIpc) is 2.49. The Morgan fingerprint density at radius 3 is 2.67 bits per heavy atom. The average molecular weight is 294 g/mol. The van der Waals surface area contributed by atoms with Gasteiger partial charge in [-0.25, -0.2) is 4.79 Å². The number of amides is 1. The molecule has 0 spiro atoms. The van der Waals surface area contributed by atoms with E-state index in [4.69, 9.17) is 16.2 Å². The third-order valence-electron chi connectivity index (χ3n) is 2.76. The summed E-state index contributed by atoms with van der Waals surface area (Å²) in [6.07, 6.45) is 0.662. The number of rotatable bonds is 8. The number of aliphatic hydroxyl groups is 1. The number of carbonyl (C=O) groups is 1. The van der Waals surface area contributed by atoms with E-state index in [0.717, 1.165) is 5.56 Å². The van der Waals surface area contributed by atoms with Crippen LogP contribution in [0.25, 0.3) is 0 Å². The number of guanidine groups is 1. The molecule has 7 nitrogen and oxygen atoms in total. The molecule has 21 heavy (non-hydrogen) atoms. The fraction of sp³-hybridized carbons (Fsp3) is 0.429. The molecule has 1 aromatic rings. The molecule has 0 saturated heterocycles. The zero-order chi connectivity index (χ0) is 15.5. The van der Waals surface area contributed by atoms with E-state index < -0.39 is 6.09 Å². The summed E-state index contributed by atoms with van der Waals surface area (Å²) in [5.74, 6) is 0.0331. The Hall–Kier alpha value is -2.28. The van der Waals surface area contributed by atoms with Crippen LogP contribution in [-0.2, 0) is 11.3 Å². The summed E-state index contributed by atoms with van der Waals surface area (Å²) in [6.45, 7) is 0.487. The van der Waals surface area contributed by atoms with Gasteiger partial charge in [0.05, 0.1) is 12.6 Å². The van der Waals surface area contributed by atoms with E-state index in [1.54, 1.807) is 0 Å². The van der Waals surface area contributed by atoms with Crippen molar-refractivity contribution < 1.29 is 14.6 Å². The second-order valence-electron chi connectivity index (χ2n) is 4.53. The molecular weight excluding hydrogens is 272 g/mol. The zero-order valence-corrected chi connectivity index (χ0v) is 11.9. The lowest BCUT2D eigenvalue weighted by Gasteiger charge is -2.15. The minimum atomic E-state index is -0.556. The van der Waals surface area contributed by atoms with Gasteiger partial charge in [-0.1, -0.05) is 30.3 Å². The first-order valence-corrected chi connectivity index (χ1v) is 6.75. The molecule has 0 saturated carbocycles. The van der Waals surface area contributed by atoms with Gasteiger partial charge in [-0.2, -0.15) is 0 Å². The second kappa shape index (κ2) is 9.60. The smallest absolute Gasteiger partial charge is 0.407 e. The van der Waals surface area contributed by atoms with Gasteiger partial charge in [-0.15, -0.1) is 0 Å². The predicted molar refractivity (Wildman–Crippen MR) is 80.5 cm³/mol. The number of nitrogens with zero attached hydrogens (tertiary/aromatic N) is 1. The van der Waals surface area contributed by atoms with Gasteiger partial charge >= 0.3 is 6.09 Å². The Balaban J connectivity index is 2.25. The normalized spacial score (nSPS) is 11.5. The van der Waals surface area contributed by atoms with E-state index in [1.807, 2.05) is 30.3 Å². The Kier molecular flexibility index (Phi) is 7.67. The Labute approximate surface area is 124 Å². The van der Waals surface area contributed by atoms with Gasteiger partial charge in [0.15, 0.2) is 5.96 Å². The van der Waals surface area contributed by atoms with Crippen LogP contribution in [0.4, 0.5) is 4.79 Å². The number of carbonyl (C=O) groups excluding carboxylic acids is 1. The van der Waals surface area contributed by atoms with Gasteiger partial charge in [0.25, 0.3) is 0 Å². The fourth-order valence-electron chi connectivity index (χ4n) is 1.69. The SMILES string of the molecule is NC(N)=NCCC[C@@H](CO)NC(=O)OCc1ccccc1. The van der Waals surface area contributed by atoms with E-state index in [9.17, 15) is 9.90 Å². The highest BCUT2D eigenvalue weighted by Gasteiger charge is 2.11. The largest absolute Gasteiger partial charge is 0.445 e. The van der Waals surface area contributed by atoms with Crippen molar-refractivity contribution in [2.75, 3.05) is 13.2 Å². The third kappa shape index (κ3) is 7.78. The van der Waals surface area contributed by atoms with E-state index in [1.165, 1.54) is 0 Å². The molecular formula is C14H22N4O3. The lowest BCUT2D eigenvalue weighted by molar-refractivity contribution is 0.128. The van der Waals surface area contributed by atoms with Crippen molar-refractivity contribution >= 4 is 12.1 Å². The van der Waals surface area contributed by atoms with Crippen molar-refractivity contribution in [1.29, 1.82) is 0 Å². The molecule has 1 aromatic carbocycles. The summed E-state index contributed by atoms with van der Waals surface area (Å²) in [7, 11) is 0. The number of hydrogen-bond donors (Lipinski definition) is 4. The number of aliphatic hydroxyl groups excluding tert-OH is 1. The molecule has 0 aliphatic heterocycles. The maximum atomic E-state index is 11.6. The van der Waals surface area contributed by atoms with Gasteiger partial charge in [0, 0.05) is 6.54 Å². The molecule has 0 unspecified atom stereocenters. The van der Waals surface area contributed by atoms with Crippen LogP contribution in [0, 0.1) is 0 Å². The number of hydrogen-bond acceptors (Lipinski definition) is 4. The maximum Gasteiger partial charge on any atom is 0.407 e. The van der Waals surface area contributed by atoms with Crippen LogP contribution in [0.15, 0.2) is 35.3 Å². The molecule has 0 fully saturated rings. The number of nitrogens with one attached hydrogen (secondary N) is 1. The Morgan fingerprint density at radius 1 is 1.33 bits per heavy atom. The summed E-state index contributed by atoms with van der Waals surface area (Å²) < 4.78 is 5.08. The summed E-state index contributed by atoms with van der Waals surface area (Å²) in [4.78, 5) is 15.4. The van der Waals surface area contributed by atoms with E-state index >= 15 is 0 Å². The van der Waals surface area contributed by atoms with Crippen molar-refractivity contribution in [2.24, 2.45) is 16.5 Å². The lowest BCUT2D eigenvalue weighted by Crippen LogP contribution is -2.38. The van der Waals surface area contributed by atoms with Gasteiger partial charge in [-0.3, -0.25) is 4.99 Å². The van der Waals surface area contributed by atoms with Crippen LogP contribution in [0.3, 0.4) is 0 Å². The minimum absolute atomic E-state index is 0.0331. The highest BCUT2D eigenvalue weighted by molar-refractivity contribution is 5.75. The molecule has 0 radical (unpaired) electrons. The van der Waals surface area contributed by atoms with Crippen LogP contribution in [-0.4, -0.2) is 36.4 Å². The van der Waals surface area contributed by atoms with Gasteiger partial charge in [0.2, 0.25) is 0 Å². The second-order valence-corrected chi connectivity index (χ2v) is 4.53. The number of nitrogens with two attached hydrogens (primary N) is 2. The van der Waals surface area contributed by atoms with Crippen molar-refractivity contribution in [3.05, 3.63) is 35.9 Å². The number of aliphatic imine (C=N–C) groups is 1. The molecule has 1 atom stereocenters. The molecule has 116 valence electrons. The molecule has 0 heterocycles. The molecule has 1 rings (SSSR count). The molecule has 0 aliphatic rings. The van der Waals surface area contributed by atoms with E-state index in [-0.39, 0.29) is 25.2 Å². The molecule has 0 aromatic heterocycles. The number of ether oxygens (including phenoxy) is 1. The van der Waals surface area contributed by atoms with Crippen molar-refractivity contribution in [2.45, 2.75) is 25.5 Å². The standard InChI is InChI=1S/C14H22N4O3/c15-13(16)17-8-4-7-12(9-19)18-14(20)21-10-11-5-2-1-3-6-11/h1-3,5-6,12,19H,4,7-10H2,(H,18,20)(H4,15,16,17)/t12-/m0/s1. The number of alkyl carbamates (subject to hydrolysis) is 1. The monoisotopic (exact) mass is 294 g/mol. The summed E-state index contributed by atoms with van der Waals surface area (Å²) >= 11 is 0. The summed E-state index contributed by atoms with van der Waals surface area (Å²) in [5, 5.41) is 11.8. The molecule has 7 heteroatoms. The topological polar surface area (TPSA) is 123 Å². The van der Waals surface area contributed by atoms with E-state index in [2.05, 4.69) is 10.3 Å². The quantitative estimate of drug-likeness (QED) is 0.312. The molecule has 0 aliphatic carbocycles. The van der Waals surface area contributed by atoms with Gasteiger partial charge < -0.3 is 26.6 Å². The van der Waals surface area contributed by atoms with E-state index in [0.29, 0.717) is 19.4 Å². The van der Waals surface area contributed by atoms with Crippen LogP contribution >= 0.6 is 0 Å². The van der Waals surface area contributed by atoms with Gasteiger partial charge in [0.1, 0.15) is 6.61 Å². The van der Waals surface area contributed by atoms with Gasteiger partial charge in [-0.05, 0) is 18.4 Å². The maximum absolute atomic E-state index is 11.6. The first-order valence-electron chi connectivity index (χ1n) is 6.75. The molecule has 0 bridgehead atoms. The Bertz CT molecular complexity index is 447. The highest BCUT2D eigenvalue weighted by atomic mass is 16.5. The first-order chi connectivity index (χ1) is 10.1. The summed E-state index contributed by atoms with van der Waals surface area (Å²) in [5.41, 5.74) is 11.3. The third-order valence-corrected chi connectivity index (χ3v) is 2.76. The van der Waals surface area contributed by atoms with Crippen molar-refractivity contribution in [1.82, 2.24) is 5.32 Å². The summed E-state index contributed by atoms with van der Waals surface area (Å²) in [6, 6.07) is 9.00. The lowest BCUT2D eigenvalue weighted by atomic mass is 10.2. The highest BCUT2D eigenvalue weighted by Crippen LogP contribution is 2.02. The van der Waals surface area contributed by atoms with Crippen LogP contribution in [0.5, 0.6) is 0 Å². The van der Waals surface area contributed by atoms with Crippen LogP contribution < -0.4 is 16.8 Å². The Morgan fingerprint density at radius 2 is 2.05 bits per heavy atom. The zero-order valence-electron chi connectivity index (χ0n) is 11.9. The number of benzene rings is 1. The fourth-order valence-corrected chi connectivity index (χ4v) is 1.69. The van der Waals surface area contributed by atoms with Crippen LogP contribution in [0.1, 0.15) is 18.4 Å². The minimum Gasteiger partial charge on any atom is -0.445 e. The first kappa shape index (κ1) is 16.8.